The van der Waals surface area contributed by atoms with E-state index >= 15 is 0 Å². The first-order valence-corrected chi connectivity index (χ1v) is 8.61. The van der Waals surface area contributed by atoms with Gasteiger partial charge in [0.05, 0.1) is 0 Å². The Kier molecular flexibility index (Phi) is 5.28. The van der Waals surface area contributed by atoms with Crippen LogP contribution in [0.15, 0.2) is 30.3 Å². The van der Waals surface area contributed by atoms with Gasteiger partial charge < -0.3 is 11.1 Å². The van der Waals surface area contributed by atoms with Crippen molar-refractivity contribution in [1.29, 1.82) is 0 Å². The lowest BCUT2D eigenvalue weighted by molar-refractivity contribution is 0.222. The molecule has 1 aromatic carbocycles. The summed E-state index contributed by atoms with van der Waals surface area (Å²) < 4.78 is 0. The fraction of sp³-hybridized carbons (Fsp3) is 0.667. The number of nitrogens with zero attached hydrogens (tertiary/aromatic N) is 1. The van der Waals surface area contributed by atoms with Gasteiger partial charge in [-0.2, -0.15) is 0 Å². The first-order valence-electron chi connectivity index (χ1n) is 8.61. The minimum atomic E-state index is 0.401. The molecule has 3 unspecified atom stereocenters. The van der Waals surface area contributed by atoms with Gasteiger partial charge in [0.25, 0.3) is 0 Å². The Balaban J connectivity index is 1.62. The fourth-order valence-electron chi connectivity index (χ4n) is 3.88. The Labute approximate surface area is 128 Å². The van der Waals surface area contributed by atoms with Crippen molar-refractivity contribution >= 4 is 0 Å². The second-order valence-corrected chi connectivity index (χ2v) is 6.70. The van der Waals surface area contributed by atoms with Gasteiger partial charge in [-0.3, -0.25) is 4.90 Å². The van der Waals surface area contributed by atoms with Crippen molar-refractivity contribution in [2.45, 2.75) is 56.7 Å². The highest BCUT2D eigenvalue weighted by molar-refractivity contribution is 5.19. The molecule has 3 atom stereocenters. The molecule has 3 heteroatoms. The van der Waals surface area contributed by atoms with Crippen LogP contribution in [0, 0.1) is 0 Å². The van der Waals surface area contributed by atoms with Gasteiger partial charge in [0, 0.05) is 24.7 Å². The minimum Gasteiger partial charge on any atom is -0.328 e. The molecule has 3 rings (SSSR count). The zero-order valence-electron chi connectivity index (χ0n) is 13.0. The molecular weight excluding hydrogens is 258 g/mol. The molecule has 116 valence electrons. The van der Waals surface area contributed by atoms with Crippen molar-refractivity contribution in [2.24, 2.45) is 5.73 Å². The molecule has 0 amide bonds. The predicted molar refractivity (Wildman–Crippen MR) is 88.2 cm³/mol. The normalized spacial score (nSPS) is 28.6. The molecule has 0 bridgehead atoms. The van der Waals surface area contributed by atoms with E-state index in [-0.39, 0.29) is 0 Å². The number of rotatable bonds is 5. The molecule has 0 radical (unpaired) electrons. The predicted octanol–water partition coefficient (Wildman–Crippen LogP) is 2.68. The Bertz CT molecular complexity index is 414. The molecule has 1 aliphatic heterocycles. The van der Waals surface area contributed by atoms with Crippen LogP contribution in [0.25, 0.3) is 0 Å². The van der Waals surface area contributed by atoms with Gasteiger partial charge in [-0.1, -0.05) is 36.8 Å². The van der Waals surface area contributed by atoms with Crippen molar-refractivity contribution in [1.82, 2.24) is 10.2 Å². The Morgan fingerprint density at radius 3 is 2.57 bits per heavy atom. The van der Waals surface area contributed by atoms with Crippen LogP contribution in [0.5, 0.6) is 0 Å². The number of hydrogen-bond acceptors (Lipinski definition) is 3. The van der Waals surface area contributed by atoms with Crippen LogP contribution >= 0.6 is 0 Å². The maximum atomic E-state index is 6.11. The maximum Gasteiger partial charge on any atom is 0.0472 e. The average Bonchev–Trinajstić information content (AvgIpc) is 3.03. The standard InChI is InChI=1S/C18H29N3/c19-16-9-6-10-17(13-16)20-14-18(21-11-4-5-12-21)15-7-2-1-3-8-15/h1-3,7-8,16-18,20H,4-6,9-14,19H2. The highest BCUT2D eigenvalue weighted by atomic mass is 15.2. The summed E-state index contributed by atoms with van der Waals surface area (Å²) in [5, 5.41) is 3.81. The van der Waals surface area contributed by atoms with E-state index in [0.717, 1.165) is 13.0 Å². The summed E-state index contributed by atoms with van der Waals surface area (Å²) in [7, 11) is 0. The van der Waals surface area contributed by atoms with Crippen LogP contribution in [-0.2, 0) is 0 Å². The molecule has 1 saturated heterocycles. The van der Waals surface area contributed by atoms with Crippen LogP contribution in [0.2, 0.25) is 0 Å². The van der Waals surface area contributed by atoms with E-state index in [1.54, 1.807) is 0 Å². The molecule has 2 fully saturated rings. The molecule has 1 aromatic rings. The van der Waals surface area contributed by atoms with Crippen molar-refractivity contribution in [3.05, 3.63) is 35.9 Å². The number of likely N-dealkylation sites (tertiary alicyclic amines) is 1. The van der Waals surface area contributed by atoms with Gasteiger partial charge in [-0.25, -0.2) is 0 Å². The monoisotopic (exact) mass is 287 g/mol. The van der Waals surface area contributed by atoms with E-state index in [1.165, 1.54) is 50.8 Å². The van der Waals surface area contributed by atoms with Crippen molar-refractivity contribution < 1.29 is 0 Å². The third kappa shape index (κ3) is 4.06. The van der Waals surface area contributed by atoms with E-state index in [0.29, 0.717) is 18.1 Å². The summed E-state index contributed by atoms with van der Waals surface area (Å²) >= 11 is 0. The second-order valence-electron chi connectivity index (χ2n) is 6.70. The Hall–Kier alpha value is -0.900. The largest absolute Gasteiger partial charge is 0.328 e. The minimum absolute atomic E-state index is 0.401. The lowest BCUT2D eigenvalue weighted by Gasteiger charge is -2.32. The molecule has 21 heavy (non-hydrogen) atoms. The van der Waals surface area contributed by atoms with Crippen LogP contribution < -0.4 is 11.1 Å². The zero-order chi connectivity index (χ0) is 14.5. The van der Waals surface area contributed by atoms with Crippen molar-refractivity contribution in [2.75, 3.05) is 19.6 Å². The van der Waals surface area contributed by atoms with E-state index in [4.69, 9.17) is 5.73 Å². The average molecular weight is 287 g/mol. The van der Waals surface area contributed by atoms with Crippen LogP contribution in [0.3, 0.4) is 0 Å². The quantitative estimate of drug-likeness (QED) is 0.875. The first kappa shape index (κ1) is 15.0. The highest BCUT2D eigenvalue weighted by Crippen LogP contribution is 2.25. The summed E-state index contributed by atoms with van der Waals surface area (Å²) in [6.07, 6.45) is 7.59. The molecule has 3 nitrogen and oxygen atoms in total. The summed E-state index contributed by atoms with van der Waals surface area (Å²) in [5.74, 6) is 0. The molecule has 0 aromatic heterocycles. The lowest BCUT2D eigenvalue weighted by atomic mass is 9.91. The van der Waals surface area contributed by atoms with Crippen molar-refractivity contribution in [3.8, 4) is 0 Å². The third-order valence-corrected chi connectivity index (χ3v) is 5.08. The summed E-state index contributed by atoms with van der Waals surface area (Å²) in [4.78, 5) is 2.64. The molecular formula is C18H29N3. The fourth-order valence-corrected chi connectivity index (χ4v) is 3.88. The number of nitrogens with two attached hydrogens (primary N) is 1. The van der Waals surface area contributed by atoms with E-state index < -0.39 is 0 Å². The molecule has 2 aliphatic rings. The van der Waals surface area contributed by atoms with E-state index in [2.05, 4.69) is 40.5 Å². The van der Waals surface area contributed by atoms with Gasteiger partial charge >= 0.3 is 0 Å². The van der Waals surface area contributed by atoms with Crippen LogP contribution in [0.4, 0.5) is 0 Å². The maximum absolute atomic E-state index is 6.11. The highest BCUT2D eigenvalue weighted by Gasteiger charge is 2.25. The second kappa shape index (κ2) is 7.39. The molecule has 1 heterocycles. The molecule has 3 N–H and O–H groups in total. The smallest absolute Gasteiger partial charge is 0.0472 e. The summed E-state index contributed by atoms with van der Waals surface area (Å²) in [6.45, 7) is 3.54. The van der Waals surface area contributed by atoms with Gasteiger partial charge in [0.15, 0.2) is 0 Å². The van der Waals surface area contributed by atoms with Gasteiger partial charge in [0.2, 0.25) is 0 Å². The Morgan fingerprint density at radius 1 is 1.10 bits per heavy atom. The van der Waals surface area contributed by atoms with Gasteiger partial charge in [0.1, 0.15) is 0 Å². The number of nitrogens with one attached hydrogen (secondary N) is 1. The third-order valence-electron chi connectivity index (χ3n) is 5.08. The Morgan fingerprint density at radius 2 is 1.86 bits per heavy atom. The van der Waals surface area contributed by atoms with Gasteiger partial charge in [-0.15, -0.1) is 0 Å². The lowest BCUT2D eigenvalue weighted by Crippen LogP contribution is -2.43. The first-order chi connectivity index (χ1) is 10.3. The van der Waals surface area contributed by atoms with Crippen molar-refractivity contribution in [3.63, 3.8) is 0 Å². The van der Waals surface area contributed by atoms with E-state index in [1.807, 2.05) is 0 Å². The molecule has 1 saturated carbocycles. The zero-order valence-corrected chi connectivity index (χ0v) is 13.0. The SMILES string of the molecule is NC1CCCC(NCC(c2ccccc2)N2CCCC2)C1. The topological polar surface area (TPSA) is 41.3 Å². The number of hydrogen-bond donors (Lipinski definition) is 2. The van der Waals surface area contributed by atoms with Gasteiger partial charge in [-0.05, 0) is 50.8 Å². The summed E-state index contributed by atoms with van der Waals surface area (Å²) in [5.41, 5.74) is 7.57. The number of benzene rings is 1. The van der Waals surface area contributed by atoms with Crippen LogP contribution in [-0.4, -0.2) is 36.6 Å². The molecule has 1 aliphatic carbocycles. The molecule has 0 spiro atoms. The van der Waals surface area contributed by atoms with Crippen LogP contribution in [0.1, 0.15) is 50.1 Å². The summed E-state index contributed by atoms with van der Waals surface area (Å²) in [6, 6.07) is 12.5. The van der Waals surface area contributed by atoms with E-state index in [9.17, 15) is 0 Å².